The van der Waals surface area contributed by atoms with Crippen LogP contribution in [0.1, 0.15) is 69.8 Å². The average molecular weight is 596 g/mol. The van der Waals surface area contributed by atoms with Crippen molar-refractivity contribution in [2.45, 2.75) is 76.3 Å². The first-order valence-corrected chi connectivity index (χ1v) is 17.0. The molecule has 3 aromatic rings. The summed E-state index contributed by atoms with van der Waals surface area (Å²) in [6, 6.07) is 23.3. The van der Waals surface area contributed by atoms with Crippen LogP contribution in [0.3, 0.4) is 0 Å². The molecule has 0 bridgehead atoms. The molecule has 3 aliphatic rings. The number of nitrogens with zero attached hydrogens (tertiary/aromatic N) is 5. The topological polar surface area (TPSA) is 72.8 Å². The highest BCUT2D eigenvalue weighted by Crippen LogP contribution is 2.38. The highest BCUT2D eigenvalue weighted by molar-refractivity contribution is 5.74. The summed E-state index contributed by atoms with van der Waals surface area (Å²) >= 11 is 0. The van der Waals surface area contributed by atoms with Crippen LogP contribution < -0.4 is 4.90 Å². The number of aromatic nitrogens is 2. The monoisotopic (exact) mass is 595 g/mol. The Morgan fingerprint density at radius 2 is 1.64 bits per heavy atom. The van der Waals surface area contributed by atoms with E-state index in [0.717, 1.165) is 88.6 Å². The van der Waals surface area contributed by atoms with Gasteiger partial charge in [-0.15, -0.1) is 0 Å². The molecule has 0 radical (unpaired) electrons. The fourth-order valence-electron chi connectivity index (χ4n) is 8.19. The largest absolute Gasteiger partial charge is 0.480 e. The molecule has 2 aromatic carbocycles. The summed E-state index contributed by atoms with van der Waals surface area (Å²) in [5.74, 6) is 1.28. The Kier molecular flexibility index (Phi) is 10.2. The normalized spacial score (nSPS) is 23.0. The number of aliphatic carboxylic acids is 1. The van der Waals surface area contributed by atoms with E-state index < -0.39 is 5.97 Å². The average Bonchev–Trinajstić information content (AvgIpc) is 3.48. The van der Waals surface area contributed by atoms with Gasteiger partial charge in [-0.1, -0.05) is 86.8 Å². The fourth-order valence-corrected chi connectivity index (χ4v) is 8.19. The van der Waals surface area contributed by atoms with Crippen LogP contribution in [-0.2, 0) is 4.79 Å². The maximum atomic E-state index is 12.6. The van der Waals surface area contributed by atoms with E-state index in [9.17, 15) is 9.90 Å². The molecule has 1 N–H and O–H groups in total. The molecule has 1 aliphatic carbocycles. The Hall–Kier alpha value is -3.29. The molecule has 6 rings (SSSR count). The molecular weight excluding hydrogens is 546 g/mol. The van der Waals surface area contributed by atoms with Crippen LogP contribution in [0, 0.1) is 11.8 Å². The predicted molar refractivity (Wildman–Crippen MR) is 177 cm³/mol. The summed E-state index contributed by atoms with van der Waals surface area (Å²) in [5.41, 5.74) is 3.45. The van der Waals surface area contributed by atoms with Gasteiger partial charge in [-0.25, -0.2) is 9.97 Å². The second kappa shape index (κ2) is 14.7. The van der Waals surface area contributed by atoms with Gasteiger partial charge in [0.05, 0.1) is 5.69 Å². The van der Waals surface area contributed by atoms with Crippen LogP contribution in [0.25, 0.3) is 11.3 Å². The molecule has 2 saturated heterocycles. The number of piperidine rings is 1. The summed E-state index contributed by atoms with van der Waals surface area (Å²) in [5, 5.41) is 10.4. The van der Waals surface area contributed by atoms with E-state index in [1.54, 1.807) is 0 Å². The van der Waals surface area contributed by atoms with Crippen LogP contribution >= 0.6 is 0 Å². The third-order valence-electron chi connectivity index (χ3n) is 10.4. The highest BCUT2D eigenvalue weighted by Gasteiger charge is 2.43. The lowest BCUT2D eigenvalue weighted by molar-refractivity contribution is -0.145. The van der Waals surface area contributed by atoms with Crippen molar-refractivity contribution in [3.63, 3.8) is 0 Å². The summed E-state index contributed by atoms with van der Waals surface area (Å²) in [6.45, 7) is 8.02. The Morgan fingerprint density at radius 1 is 0.932 bits per heavy atom. The van der Waals surface area contributed by atoms with Crippen LogP contribution in [-0.4, -0.2) is 82.2 Å². The predicted octanol–water partition coefficient (Wildman–Crippen LogP) is 6.57. The Balaban J connectivity index is 1.13. The molecule has 0 spiro atoms. The molecule has 234 valence electrons. The van der Waals surface area contributed by atoms with Gasteiger partial charge in [0.25, 0.3) is 0 Å². The van der Waals surface area contributed by atoms with Gasteiger partial charge in [0.2, 0.25) is 5.95 Å². The number of benzene rings is 2. The van der Waals surface area contributed by atoms with Crippen molar-refractivity contribution in [2.24, 2.45) is 11.8 Å². The van der Waals surface area contributed by atoms with E-state index in [4.69, 9.17) is 9.97 Å². The number of carboxylic acids is 1. The number of rotatable bonds is 11. The van der Waals surface area contributed by atoms with Crippen LogP contribution in [0.4, 0.5) is 5.95 Å². The minimum absolute atomic E-state index is 0.277. The Labute approximate surface area is 263 Å². The second-order valence-corrected chi connectivity index (χ2v) is 13.2. The van der Waals surface area contributed by atoms with E-state index >= 15 is 0 Å². The van der Waals surface area contributed by atoms with Crippen molar-refractivity contribution in [2.75, 3.05) is 44.2 Å². The molecule has 1 aromatic heterocycles. The van der Waals surface area contributed by atoms with Crippen LogP contribution in [0.2, 0.25) is 0 Å². The number of anilines is 1. The molecule has 1 saturated carbocycles. The highest BCUT2D eigenvalue weighted by atomic mass is 16.4. The molecular formula is C37H49N5O2. The number of carbonyl (C=O) groups is 1. The van der Waals surface area contributed by atoms with Crippen LogP contribution in [0.5, 0.6) is 0 Å². The number of hydrogen-bond donors (Lipinski definition) is 1. The lowest BCUT2D eigenvalue weighted by Crippen LogP contribution is -2.48. The van der Waals surface area contributed by atoms with Gasteiger partial charge >= 0.3 is 5.97 Å². The van der Waals surface area contributed by atoms with Crippen molar-refractivity contribution >= 4 is 11.9 Å². The van der Waals surface area contributed by atoms with Gasteiger partial charge in [0, 0.05) is 63.0 Å². The minimum atomic E-state index is -0.625. The molecule has 3 fully saturated rings. The van der Waals surface area contributed by atoms with E-state index in [1.807, 2.05) is 18.3 Å². The summed E-state index contributed by atoms with van der Waals surface area (Å²) in [4.78, 5) is 29.8. The Morgan fingerprint density at radius 3 is 2.32 bits per heavy atom. The van der Waals surface area contributed by atoms with Crippen LogP contribution in [0.15, 0.2) is 72.9 Å². The van der Waals surface area contributed by atoms with Crippen molar-refractivity contribution in [3.8, 4) is 11.3 Å². The standard InChI is InChI=1S/C37H49N5O2/c1-2-22-42(37-38-21-18-34(39-37)29-14-8-4-9-15-29)32-19-23-40(24-20-32)25-31-26-41(27-33(31)28-12-6-3-7-13-28)35(36(43)44)30-16-10-5-11-17-30/h3-4,6-9,12-15,18,21,30-33,35H,2,5,10-11,16-17,19-20,22-27H2,1H3,(H,43,44)/t31-,33+,35+/m0/s1. The number of hydrogen-bond acceptors (Lipinski definition) is 6. The van der Waals surface area contributed by atoms with Gasteiger partial charge < -0.3 is 14.9 Å². The first kappa shape index (κ1) is 30.7. The number of carboxylic acid groups (broad SMARTS) is 1. The second-order valence-electron chi connectivity index (χ2n) is 13.2. The summed E-state index contributed by atoms with van der Waals surface area (Å²) < 4.78 is 0. The number of likely N-dealkylation sites (tertiary alicyclic amines) is 2. The van der Waals surface area contributed by atoms with Gasteiger partial charge in [-0.3, -0.25) is 9.69 Å². The molecule has 3 atom stereocenters. The molecule has 2 aliphatic heterocycles. The van der Waals surface area contributed by atoms with Gasteiger partial charge in [0.1, 0.15) is 6.04 Å². The third kappa shape index (κ3) is 7.16. The zero-order valence-electron chi connectivity index (χ0n) is 26.3. The van der Waals surface area contributed by atoms with E-state index in [-0.39, 0.29) is 12.0 Å². The van der Waals surface area contributed by atoms with E-state index in [2.05, 4.69) is 76.2 Å². The summed E-state index contributed by atoms with van der Waals surface area (Å²) in [6.07, 6.45) is 10.8. The molecule has 0 unspecified atom stereocenters. The molecule has 7 nitrogen and oxygen atoms in total. The lowest BCUT2D eigenvalue weighted by atomic mass is 9.83. The molecule has 3 heterocycles. The lowest BCUT2D eigenvalue weighted by Gasteiger charge is -2.40. The van der Waals surface area contributed by atoms with Crippen molar-refractivity contribution in [1.82, 2.24) is 19.8 Å². The smallest absolute Gasteiger partial charge is 0.321 e. The maximum Gasteiger partial charge on any atom is 0.321 e. The first-order chi connectivity index (χ1) is 21.6. The maximum absolute atomic E-state index is 12.6. The molecule has 7 heteroatoms. The fraction of sp³-hybridized carbons (Fsp3) is 0.541. The SMILES string of the molecule is CCCN(c1nccc(-c2ccccc2)n1)C1CCN(C[C@H]2CN([C@@H](C(=O)O)C3CCCCC3)C[C@@H]2c2ccccc2)CC1. The van der Waals surface area contributed by atoms with Crippen molar-refractivity contribution in [1.29, 1.82) is 0 Å². The van der Waals surface area contributed by atoms with Crippen molar-refractivity contribution < 1.29 is 9.90 Å². The van der Waals surface area contributed by atoms with Gasteiger partial charge in [-0.2, -0.15) is 0 Å². The Bertz CT molecular complexity index is 1320. The molecule has 0 amide bonds. The quantitative estimate of drug-likeness (QED) is 0.269. The third-order valence-corrected chi connectivity index (χ3v) is 10.4. The van der Waals surface area contributed by atoms with E-state index in [1.165, 1.54) is 24.8 Å². The first-order valence-electron chi connectivity index (χ1n) is 17.0. The van der Waals surface area contributed by atoms with Gasteiger partial charge in [-0.05, 0) is 55.6 Å². The van der Waals surface area contributed by atoms with Crippen molar-refractivity contribution in [3.05, 3.63) is 78.5 Å². The zero-order valence-corrected chi connectivity index (χ0v) is 26.3. The van der Waals surface area contributed by atoms with E-state index in [0.29, 0.717) is 17.9 Å². The summed E-state index contributed by atoms with van der Waals surface area (Å²) in [7, 11) is 0. The minimum Gasteiger partial charge on any atom is -0.480 e. The molecule has 44 heavy (non-hydrogen) atoms. The van der Waals surface area contributed by atoms with Gasteiger partial charge in [0.15, 0.2) is 0 Å². The zero-order chi connectivity index (χ0) is 30.3.